The maximum Gasteiger partial charge on any atom is 0.417 e. The minimum absolute atomic E-state index is 0.340. The summed E-state index contributed by atoms with van der Waals surface area (Å²) >= 11 is 0. The third-order valence-electron chi connectivity index (χ3n) is 7.82. The number of benzene rings is 2. The highest BCUT2D eigenvalue weighted by Gasteiger charge is 2.34. The molecule has 1 heterocycles. The Hall–Kier alpha value is -2.60. The molecule has 2 fully saturated rings. The van der Waals surface area contributed by atoms with E-state index in [2.05, 4.69) is 41.4 Å². The van der Waals surface area contributed by atoms with Crippen molar-refractivity contribution >= 4 is 5.69 Å². The molecule has 0 aromatic heterocycles. The molecule has 1 N–H and O–H groups in total. The van der Waals surface area contributed by atoms with Gasteiger partial charge in [-0.3, -0.25) is 4.90 Å². The molecule has 4 rings (SSSR count). The fraction of sp³-hybridized carbons (Fsp3) is 0.567. The van der Waals surface area contributed by atoms with Crippen molar-refractivity contribution in [3.05, 3.63) is 64.7 Å². The number of ether oxygens (including phenoxy) is 1. The Morgan fingerprint density at radius 2 is 1.74 bits per heavy atom. The average Bonchev–Trinajstić information content (AvgIpc) is 2.94. The SMILES string of the molecule is CCC(NC1CCCCC1)c1ccc(COCCN2CCN(c3ccc(C#N)c(C(F)(F)F)c3)CC2)cc1. The molecule has 2 aliphatic rings. The standard InChI is InChI=1S/C30H39F3N4O/c1-2-29(35-26-6-4-3-5-7-26)24-10-8-23(9-11-24)22-38-19-18-36-14-16-37(17-15-36)27-13-12-25(21-34)28(20-27)30(31,32)33/h8-13,20,26,29,35H,2-7,14-19,22H2,1H3. The maximum absolute atomic E-state index is 13.3. The Kier molecular flexibility index (Phi) is 10.1. The summed E-state index contributed by atoms with van der Waals surface area (Å²) in [5.41, 5.74) is 1.80. The van der Waals surface area contributed by atoms with Gasteiger partial charge in [-0.25, -0.2) is 0 Å². The molecule has 0 amide bonds. The summed E-state index contributed by atoms with van der Waals surface area (Å²) in [7, 11) is 0. The minimum Gasteiger partial charge on any atom is -0.375 e. The van der Waals surface area contributed by atoms with Gasteiger partial charge in [0.15, 0.2) is 0 Å². The molecule has 38 heavy (non-hydrogen) atoms. The molecule has 1 atom stereocenters. The van der Waals surface area contributed by atoms with Gasteiger partial charge in [-0.1, -0.05) is 50.5 Å². The van der Waals surface area contributed by atoms with Crippen LogP contribution in [0.15, 0.2) is 42.5 Å². The van der Waals surface area contributed by atoms with Gasteiger partial charge in [0, 0.05) is 50.5 Å². The van der Waals surface area contributed by atoms with Crippen molar-refractivity contribution in [3.8, 4) is 6.07 Å². The van der Waals surface area contributed by atoms with Crippen LogP contribution in [0.2, 0.25) is 0 Å². The third-order valence-corrected chi connectivity index (χ3v) is 7.82. The van der Waals surface area contributed by atoms with Crippen LogP contribution in [0.3, 0.4) is 0 Å². The first-order valence-corrected chi connectivity index (χ1v) is 13.9. The monoisotopic (exact) mass is 528 g/mol. The molecule has 8 heteroatoms. The molecule has 2 aromatic carbocycles. The van der Waals surface area contributed by atoms with Crippen LogP contribution in [0, 0.1) is 11.3 Å². The summed E-state index contributed by atoms with van der Waals surface area (Å²) in [6.07, 6.45) is 3.14. The number of hydrogen-bond donors (Lipinski definition) is 1. The number of alkyl halides is 3. The molecule has 1 saturated carbocycles. The number of hydrogen-bond acceptors (Lipinski definition) is 5. The third kappa shape index (κ3) is 7.72. The van der Waals surface area contributed by atoms with E-state index < -0.39 is 11.7 Å². The number of anilines is 1. The van der Waals surface area contributed by atoms with E-state index in [1.165, 1.54) is 43.7 Å². The number of halogens is 3. The van der Waals surface area contributed by atoms with E-state index in [1.54, 1.807) is 12.1 Å². The second-order valence-corrected chi connectivity index (χ2v) is 10.4. The van der Waals surface area contributed by atoms with Gasteiger partial charge < -0.3 is 15.0 Å². The molecular weight excluding hydrogens is 489 g/mol. The van der Waals surface area contributed by atoms with Crippen molar-refractivity contribution in [3.63, 3.8) is 0 Å². The van der Waals surface area contributed by atoms with E-state index >= 15 is 0 Å². The largest absolute Gasteiger partial charge is 0.417 e. The Morgan fingerprint density at radius 1 is 1.03 bits per heavy atom. The Balaban J connectivity index is 1.18. The van der Waals surface area contributed by atoms with E-state index in [1.807, 2.05) is 4.90 Å². The van der Waals surface area contributed by atoms with Crippen LogP contribution in [0.5, 0.6) is 0 Å². The molecule has 1 saturated heterocycles. The van der Waals surface area contributed by atoms with Crippen LogP contribution in [-0.2, 0) is 17.5 Å². The second-order valence-electron chi connectivity index (χ2n) is 10.4. The number of rotatable bonds is 10. The molecule has 206 valence electrons. The lowest BCUT2D eigenvalue weighted by Gasteiger charge is -2.36. The highest BCUT2D eigenvalue weighted by Crippen LogP contribution is 2.34. The first-order valence-electron chi connectivity index (χ1n) is 13.9. The van der Waals surface area contributed by atoms with Gasteiger partial charge in [0.05, 0.1) is 30.4 Å². The van der Waals surface area contributed by atoms with Crippen LogP contribution < -0.4 is 10.2 Å². The van der Waals surface area contributed by atoms with E-state index in [0.717, 1.165) is 37.7 Å². The normalized spacial score (nSPS) is 18.3. The van der Waals surface area contributed by atoms with Crippen LogP contribution >= 0.6 is 0 Å². The van der Waals surface area contributed by atoms with Gasteiger partial charge in [-0.2, -0.15) is 18.4 Å². The molecule has 0 radical (unpaired) electrons. The smallest absolute Gasteiger partial charge is 0.375 e. The van der Waals surface area contributed by atoms with Gasteiger partial charge in [0.1, 0.15) is 0 Å². The van der Waals surface area contributed by atoms with E-state index in [4.69, 9.17) is 10.00 Å². The maximum atomic E-state index is 13.3. The molecule has 1 aliphatic carbocycles. The zero-order valence-electron chi connectivity index (χ0n) is 22.3. The van der Waals surface area contributed by atoms with Crippen molar-refractivity contribution in [2.45, 2.75) is 70.3 Å². The lowest BCUT2D eigenvalue weighted by molar-refractivity contribution is -0.137. The fourth-order valence-corrected chi connectivity index (χ4v) is 5.52. The van der Waals surface area contributed by atoms with Gasteiger partial charge in [-0.05, 0) is 48.6 Å². The summed E-state index contributed by atoms with van der Waals surface area (Å²) in [5, 5.41) is 12.9. The molecule has 2 aromatic rings. The summed E-state index contributed by atoms with van der Waals surface area (Å²) in [6, 6.07) is 15.4. The second kappa shape index (κ2) is 13.5. The highest BCUT2D eigenvalue weighted by molar-refractivity contribution is 5.55. The summed E-state index contributed by atoms with van der Waals surface area (Å²) < 4.78 is 45.8. The molecule has 5 nitrogen and oxygen atoms in total. The molecule has 1 unspecified atom stereocenters. The topological polar surface area (TPSA) is 51.5 Å². The van der Waals surface area contributed by atoms with Crippen LogP contribution in [-0.4, -0.2) is 50.3 Å². The van der Waals surface area contributed by atoms with E-state index in [-0.39, 0.29) is 5.56 Å². The molecular formula is C30H39F3N4O. The number of nitrogens with one attached hydrogen (secondary N) is 1. The first-order chi connectivity index (χ1) is 18.4. The lowest BCUT2D eigenvalue weighted by Crippen LogP contribution is -2.47. The Labute approximate surface area is 224 Å². The number of nitriles is 1. The van der Waals surface area contributed by atoms with Gasteiger partial charge in [-0.15, -0.1) is 0 Å². The molecule has 0 bridgehead atoms. The highest BCUT2D eigenvalue weighted by atomic mass is 19.4. The Bertz CT molecular complexity index is 1050. The molecule has 1 aliphatic heterocycles. The van der Waals surface area contributed by atoms with Gasteiger partial charge in [0.25, 0.3) is 0 Å². The predicted octanol–water partition coefficient (Wildman–Crippen LogP) is 6.29. The summed E-state index contributed by atoms with van der Waals surface area (Å²) in [6.45, 7) is 6.99. The zero-order chi connectivity index (χ0) is 27.0. The van der Waals surface area contributed by atoms with Crippen LogP contribution in [0.4, 0.5) is 18.9 Å². The molecule has 0 spiro atoms. The average molecular weight is 529 g/mol. The first kappa shape index (κ1) is 28.4. The quantitative estimate of drug-likeness (QED) is 0.368. The predicted molar refractivity (Wildman–Crippen MR) is 144 cm³/mol. The van der Waals surface area contributed by atoms with Crippen molar-refractivity contribution in [1.29, 1.82) is 5.26 Å². The Morgan fingerprint density at radius 3 is 2.37 bits per heavy atom. The summed E-state index contributed by atoms with van der Waals surface area (Å²) in [4.78, 5) is 4.22. The number of nitrogens with zero attached hydrogens (tertiary/aromatic N) is 3. The number of piperazine rings is 1. The van der Waals surface area contributed by atoms with Crippen molar-refractivity contribution in [1.82, 2.24) is 10.2 Å². The van der Waals surface area contributed by atoms with E-state index in [9.17, 15) is 13.2 Å². The van der Waals surface area contributed by atoms with Crippen molar-refractivity contribution in [2.75, 3.05) is 44.2 Å². The zero-order valence-corrected chi connectivity index (χ0v) is 22.3. The summed E-state index contributed by atoms with van der Waals surface area (Å²) in [5.74, 6) is 0. The van der Waals surface area contributed by atoms with Crippen LogP contribution in [0.1, 0.15) is 73.7 Å². The van der Waals surface area contributed by atoms with E-state index in [0.29, 0.717) is 44.1 Å². The van der Waals surface area contributed by atoms with Crippen molar-refractivity contribution in [2.24, 2.45) is 0 Å². The fourth-order valence-electron chi connectivity index (χ4n) is 5.52. The van der Waals surface area contributed by atoms with Gasteiger partial charge >= 0.3 is 6.18 Å². The van der Waals surface area contributed by atoms with Crippen LogP contribution in [0.25, 0.3) is 0 Å². The lowest BCUT2D eigenvalue weighted by atomic mass is 9.93. The minimum atomic E-state index is -4.54. The van der Waals surface area contributed by atoms with Gasteiger partial charge in [0.2, 0.25) is 0 Å². The van der Waals surface area contributed by atoms with Crippen molar-refractivity contribution < 1.29 is 17.9 Å².